The summed E-state index contributed by atoms with van der Waals surface area (Å²) in [6, 6.07) is 4.15. The second kappa shape index (κ2) is 6.17. The van der Waals surface area contributed by atoms with Crippen LogP contribution in [0.15, 0.2) is 24.5 Å². The molecule has 1 aliphatic carbocycles. The molecule has 0 aromatic carbocycles. The number of aromatic nitrogens is 3. The number of carbonyl (C=O) groups is 1. The van der Waals surface area contributed by atoms with Crippen LogP contribution >= 0.6 is 0 Å². The van der Waals surface area contributed by atoms with Crippen molar-refractivity contribution in [1.82, 2.24) is 19.0 Å². The molecule has 0 spiro atoms. The fourth-order valence-electron chi connectivity index (χ4n) is 3.71. The minimum absolute atomic E-state index is 0.0330. The van der Waals surface area contributed by atoms with E-state index in [4.69, 9.17) is 0 Å². The lowest BCUT2D eigenvalue weighted by Crippen LogP contribution is -2.36. The first-order chi connectivity index (χ1) is 12.3. The number of rotatable bonds is 4. The van der Waals surface area contributed by atoms with E-state index in [1.807, 2.05) is 22.9 Å². The van der Waals surface area contributed by atoms with Crippen molar-refractivity contribution in [3.63, 3.8) is 0 Å². The molecule has 1 amide bonds. The zero-order valence-electron chi connectivity index (χ0n) is 14.5. The van der Waals surface area contributed by atoms with E-state index in [-0.39, 0.29) is 11.8 Å². The first-order valence-electron chi connectivity index (χ1n) is 8.88. The molecular weight excluding hydrogens is 345 g/mol. The lowest BCUT2D eigenvalue weighted by atomic mass is 9.99. The summed E-state index contributed by atoms with van der Waals surface area (Å²) in [4.78, 5) is 18.1. The van der Waals surface area contributed by atoms with E-state index in [9.17, 15) is 18.0 Å². The highest BCUT2D eigenvalue weighted by atomic mass is 19.4. The third kappa shape index (κ3) is 3.24. The van der Waals surface area contributed by atoms with Crippen molar-refractivity contribution < 1.29 is 18.0 Å². The van der Waals surface area contributed by atoms with Crippen LogP contribution < -0.4 is 0 Å². The summed E-state index contributed by atoms with van der Waals surface area (Å²) >= 11 is 0. The topological polar surface area (TPSA) is 43.1 Å². The molecule has 1 atom stereocenters. The molecule has 0 saturated heterocycles. The number of hydrogen-bond donors (Lipinski definition) is 0. The van der Waals surface area contributed by atoms with E-state index in [0.717, 1.165) is 25.5 Å². The maximum atomic E-state index is 12.8. The molecule has 5 nitrogen and oxygen atoms in total. The van der Waals surface area contributed by atoms with Crippen LogP contribution in [0, 0.1) is 5.92 Å². The summed E-state index contributed by atoms with van der Waals surface area (Å²) in [6.45, 7) is 0.979. The molecule has 0 N–H and O–H groups in total. The first-order valence-corrected chi connectivity index (χ1v) is 8.88. The van der Waals surface area contributed by atoms with Crippen LogP contribution in [-0.2, 0) is 19.1 Å². The molecule has 1 unspecified atom stereocenters. The fraction of sp³-hybridized carbons (Fsp3) is 0.556. The Bertz CT molecular complexity index is 819. The van der Waals surface area contributed by atoms with Gasteiger partial charge in [0.25, 0.3) is 5.91 Å². The molecule has 4 rings (SSSR count). The van der Waals surface area contributed by atoms with Crippen LogP contribution in [0.3, 0.4) is 0 Å². The smallest absolute Gasteiger partial charge is 0.340 e. The molecule has 140 valence electrons. The molecule has 8 heteroatoms. The standard InChI is InChI=1S/C18H21F3N4O/c1-23(17(26)14-3-2-8-25(14)13-5-6-13)9-12-4-7-16-22-15(18(19,20)21)11-24(16)10-12/h2-3,8,11-13H,4-7,9-10H2,1H3. The van der Waals surface area contributed by atoms with Gasteiger partial charge >= 0.3 is 6.18 Å². The van der Waals surface area contributed by atoms with E-state index in [1.54, 1.807) is 16.5 Å². The number of halogens is 3. The summed E-state index contributed by atoms with van der Waals surface area (Å²) in [5.74, 6) is 0.565. The first kappa shape index (κ1) is 17.2. The highest BCUT2D eigenvalue weighted by Gasteiger charge is 2.36. The van der Waals surface area contributed by atoms with Crippen LogP contribution in [0.1, 0.15) is 47.3 Å². The Kier molecular flexibility index (Phi) is 4.08. The largest absolute Gasteiger partial charge is 0.434 e. The molecule has 26 heavy (non-hydrogen) atoms. The number of alkyl halides is 3. The predicted octanol–water partition coefficient (Wildman–Crippen LogP) is 3.37. The van der Waals surface area contributed by atoms with Gasteiger partial charge in [-0.15, -0.1) is 0 Å². The van der Waals surface area contributed by atoms with E-state index in [2.05, 4.69) is 4.98 Å². The van der Waals surface area contributed by atoms with Crippen LogP contribution in [0.2, 0.25) is 0 Å². The summed E-state index contributed by atoms with van der Waals surface area (Å²) in [7, 11) is 1.76. The molecule has 1 saturated carbocycles. The van der Waals surface area contributed by atoms with Crippen LogP contribution in [0.5, 0.6) is 0 Å². The van der Waals surface area contributed by atoms with E-state index >= 15 is 0 Å². The highest BCUT2D eigenvalue weighted by Crippen LogP contribution is 2.36. The highest BCUT2D eigenvalue weighted by molar-refractivity contribution is 5.92. The molecule has 1 aliphatic heterocycles. The van der Waals surface area contributed by atoms with Crippen LogP contribution in [0.4, 0.5) is 13.2 Å². The van der Waals surface area contributed by atoms with Gasteiger partial charge in [0.1, 0.15) is 11.5 Å². The molecule has 2 aromatic heterocycles. The predicted molar refractivity (Wildman–Crippen MR) is 88.7 cm³/mol. The third-order valence-corrected chi connectivity index (χ3v) is 5.20. The van der Waals surface area contributed by atoms with Crippen molar-refractivity contribution in [2.24, 2.45) is 5.92 Å². The van der Waals surface area contributed by atoms with Crippen molar-refractivity contribution >= 4 is 5.91 Å². The van der Waals surface area contributed by atoms with Gasteiger partial charge < -0.3 is 14.0 Å². The van der Waals surface area contributed by atoms with Gasteiger partial charge in [-0.3, -0.25) is 4.79 Å². The van der Waals surface area contributed by atoms with Gasteiger partial charge in [-0.2, -0.15) is 13.2 Å². The van der Waals surface area contributed by atoms with Crippen molar-refractivity contribution in [3.8, 4) is 0 Å². The number of aryl methyl sites for hydroxylation is 1. The Labute approximate surface area is 149 Å². The third-order valence-electron chi connectivity index (χ3n) is 5.20. The number of nitrogens with zero attached hydrogens (tertiary/aromatic N) is 4. The van der Waals surface area contributed by atoms with E-state index in [0.29, 0.717) is 37.1 Å². The van der Waals surface area contributed by atoms with Crippen molar-refractivity contribution in [3.05, 3.63) is 41.7 Å². The van der Waals surface area contributed by atoms with Crippen molar-refractivity contribution in [2.45, 2.75) is 44.4 Å². The quantitative estimate of drug-likeness (QED) is 0.833. The molecule has 0 radical (unpaired) electrons. The second-order valence-corrected chi connectivity index (χ2v) is 7.31. The van der Waals surface area contributed by atoms with Gasteiger partial charge in [-0.05, 0) is 37.3 Å². The Morgan fingerprint density at radius 1 is 1.35 bits per heavy atom. The SMILES string of the molecule is CN(CC1CCc2nc(C(F)(F)F)cn2C1)C(=O)c1cccn1C1CC1. The van der Waals surface area contributed by atoms with Gasteiger partial charge in [0, 0.05) is 45.0 Å². The average Bonchev–Trinajstić information content (AvgIpc) is 3.15. The van der Waals surface area contributed by atoms with Gasteiger partial charge in [-0.25, -0.2) is 4.98 Å². The monoisotopic (exact) mass is 366 g/mol. The number of amides is 1. The van der Waals surface area contributed by atoms with E-state index < -0.39 is 11.9 Å². The summed E-state index contributed by atoms with van der Waals surface area (Å²) in [6.07, 6.45) is 2.05. The normalized spacial score (nSPS) is 20.1. The maximum absolute atomic E-state index is 12.8. The molecule has 0 bridgehead atoms. The van der Waals surface area contributed by atoms with Gasteiger partial charge in [-0.1, -0.05) is 0 Å². The van der Waals surface area contributed by atoms with Gasteiger partial charge in [0.15, 0.2) is 5.69 Å². The minimum atomic E-state index is -4.42. The van der Waals surface area contributed by atoms with Gasteiger partial charge in [0.05, 0.1) is 0 Å². The Morgan fingerprint density at radius 2 is 2.12 bits per heavy atom. The lowest BCUT2D eigenvalue weighted by Gasteiger charge is -2.28. The Hall–Kier alpha value is -2.25. The molecule has 3 heterocycles. The Morgan fingerprint density at radius 3 is 2.81 bits per heavy atom. The summed E-state index contributed by atoms with van der Waals surface area (Å²) in [5.41, 5.74) is -0.145. The molecule has 1 fully saturated rings. The Balaban J connectivity index is 1.42. The number of hydrogen-bond acceptors (Lipinski definition) is 2. The summed E-state index contributed by atoms with van der Waals surface area (Å²) in [5, 5.41) is 0. The average molecular weight is 366 g/mol. The summed E-state index contributed by atoms with van der Waals surface area (Å²) < 4.78 is 42.1. The number of carbonyl (C=O) groups excluding carboxylic acids is 1. The fourth-order valence-corrected chi connectivity index (χ4v) is 3.71. The number of fused-ring (bicyclic) bond motifs is 1. The van der Waals surface area contributed by atoms with Crippen LogP contribution in [-0.4, -0.2) is 38.5 Å². The minimum Gasteiger partial charge on any atom is -0.340 e. The maximum Gasteiger partial charge on any atom is 0.434 e. The second-order valence-electron chi connectivity index (χ2n) is 7.31. The van der Waals surface area contributed by atoms with E-state index in [1.165, 1.54) is 0 Å². The van der Waals surface area contributed by atoms with Crippen molar-refractivity contribution in [2.75, 3.05) is 13.6 Å². The van der Waals surface area contributed by atoms with Crippen molar-refractivity contribution in [1.29, 1.82) is 0 Å². The number of imidazole rings is 1. The lowest BCUT2D eigenvalue weighted by molar-refractivity contribution is -0.141. The zero-order valence-corrected chi connectivity index (χ0v) is 14.5. The zero-order chi connectivity index (χ0) is 18.5. The molecular formula is C18H21F3N4O. The molecule has 2 aliphatic rings. The molecule has 2 aromatic rings. The van der Waals surface area contributed by atoms with Gasteiger partial charge in [0.2, 0.25) is 0 Å². The van der Waals surface area contributed by atoms with Crippen LogP contribution in [0.25, 0.3) is 0 Å².